The lowest BCUT2D eigenvalue weighted by molar-refractivity contribution is -0.384. The molecule has 2 aromatic rings. The first-order valence-corrected chi connectivity index (χ1v) is 9.25. The summed E-state index contributed by atoms with van der Waals surface area (Å²) in [6.07, 6.45) is 1.89. The number of nitrogens with zero attached hydrogens (tertiary/aromatic N) is 2. The molecule has 0 unspecified atom stereocenters. The molecule has 2 aromatic carbocycles. The summed E-state index contributed by atoms with van der Waals surface area (Å²) in [6, 6.07) is 9.42. The molecule has 0 saturated carbocycles. The van der Waals surface area contributed by atoms with E-state index >= 15 is 0 Å². The number of benzene rings is 2. The first-order valence-electron chi connectivity index (χ1n) is 9.25. The van der Waals surface area contributed by atoms with E-state index in [2.05, 4.69) is 17.8 Å². The van der Waals surface area contributed by atoms with Crippen LogP contribution in [0.1, 0.15) is 40.5 Å². The van der Waals surface area contributed by atoms with Gasteiger partial charge in [0.05, 0.1) is 21.7 Å². The average molecular weight is 400 g/mol. The molecule has 1 aliphatic rings. The van der Waals surface area contributed by atoms with E-state index in [9.17, 15) is 24.1 Å². The Labute approximate surface area is 166 Å². The van der Waals surface area contributed by atoms with Gasteiger partial charge in [-0.15, -0.1) is 0 Å². The van der Waals surface area contributed by atoms with E-state index in [4.69, 9.17) is 0 Å². The number of hydrogen-bond acceptors (Lipinski definition) is 5. The highest BCUT2D eigenvalue weighted by Crippen LogP contribution is 2.29. The Bertz CT molecular complexity index is 942. The molecule has 0 atom stereocenters. The van der Waals surface area contributed by atoms with Crippen molar-refractivity contribution in [2.75, 3.05) is 18.0 Å². The number of hydrazine groups is 1. The molecule has 8 nitrogen and oxygen atoms in total. The second-order valence-corrected chi connectivity index (χ2v) is 7.02. The Kier molecular flexibility index (Phi) is 6.06. The fraction of sp³-hybridized carbons (Fsp3) is 0.300. The van der Waals surface area contributed by atoms with Crippen molar-refractivity contribution in [3.63, 3.8) is 0 Å². The Morgan fingerprint density at radius 2 is 1.69 bits per heavy atom. The van der Waals surface area contributed by atoms with Crippen LogP contribution >= 0.6 is 0 Å². The van der Waals surface area contributed by atoms with Crippen molar-refractivity contribution >= 4 is 23.2 Å². The number of hydrogen-bond donors (Lipinski definition) is 2. The van der Waals surface area contributed by atoms with E-state index in [0.29, 0.717) is 11.6 Å². The van der Waals surface area contributed by atoms with Crippen molar-refractivity contribution in [3.8, 4) is 0 Å². The van der Waals surface area contributed by atoms with Gasteiger partial charge >= 0.3 is 0 Å². The molecular formula is C20H21FN4O4. The second-order valence-electron chi connectivity index (χ2n) is 7.02. The van der Waals surface area contributed by atoms with Crippen LogP contribution in [-0.2, 0) is 0 Å². The number of non-ortho nitro benzene ring substituents is 1. The fourth-order valence-electron chi connectivity index (χ4n) is 3.24. The molecule has 29 heavy (non-hydrogen) atoms. The topological polar surface area (TPSA) is 105 Å². The molecule has 1 saturated heterocycles. The maximum absolute atomic E-state index is 13.7. The molecule has 1 heterocycles. The molecule has 0 radical (unpaired) electrons. The molecule has 2 amide bonds. The number of rotatable bonds is 4. The van der Waals surface area contributed by atoms with E-state index in [1.807, 2.05) is 4.90 Å². The van der Waals surface area contributed by atoms with Gasteiger partial charge in [-0.05, 0) is 37.0 Å². The van der Waals surface area contributed by atoms with Crippen LogP contribution < -0.4 is 15.8 Å². The first kappa shape index (κ1) is 20.2. The largest absolute Gasteiger partial charge is 0.371 e. The molecule has 0 bridgehead atoms. The quantitative estimate of drug-likeness (QED) is 0.606. The van der Waals surface area contributed by atoms with Crippen LogP contribution in [0.2, 0.25) is 0 Å². The number of nitro groups is 1. The third-order valence-electron chi connectivity index (χ3n) is 4.97. The van der Waals surface area contributed by atoms with Crippen molar-refractivity contribution in [1.29, 1.82) is 0 Å². The summed E-state index contributed by atoms with van der Waals surface area (Å²) in [6.45, 7) is 3.60. The van der Waals surface area contributed by atoms with Gasteiger partial charge in [0.2, 0.25) is 0 Å². The molecule has 2 N–H and O–H groups in total. The highest BCUT2D eigenvalue weighted by atomic mass is 19.1. The molecule has 0 spiro atoms. The minimum atomic E-state index is -0.824. The van der Waals surface area contributed by atoms with Gasteiger partial charge in [0.1, 0.15) is 5.82 Å². The summed E-state index contributed by atoms with van der Waals surface area (Å²) in [4.78, 5) is 37.4. The Balaban J connectivity index is 1.80. The molecule has 3 rings (SSSR count). The van der Waals surface area contributed by atoms with Gasteiger partial charge in [0, 0.05) is 25.2 Å². The Hall–Kier alpha value is -3.49. The summed E-state index contributed by atoms with van der Waals surface area (Å²) in [5, 5.41) is 11.1. The lowest BCUT2D eigenvalue weighted by atomic mass is 9.98. The van der Waals surface area contributed by atoms with Crippen LogP contribution in [-0.4, -0.2) is 29.8 Å². The minimum absolute atomic E-state index is 0.0718. The third kappa shape index (κ3) is 4.68. The van der Waals surface area contributed by atoms with Crippen LogP contribution in [0.4, 0.5) is 15.8 Å². The molecule has 1 aliphatic heterocycles. The van der Waals surface area contributed by atoms with Crippen molar-refractivity contribution in [3.05, 3.63) is 69.5 Å². The zero-order chi connectivity index (χ0) is 21.0. The van der Waals surface area contributed by atoms with Crippen LogP contribution in [0.3, 0.4) is 0 Å². The van der Waals surface area contributed by atoms with E-state index < -0.39 is 22.6 Å². The average Bonchev–Trinajstić information content (AvgIpc) is 2.72. The van der Waals surface area contributed by atoms with Crippen LogP contribution in [0.15, 0.2) is 42.5 Å². The predicted octanol–water partition coefficient (Wildman–Crippen LogP) is 3.05. The highest BCUT2D eigenvalue weighted by molar-refractivity contribution is 6.02. The van der Waals surface area contributed by atoms with Crippen LogP contribution in [0, 0.1) is 21.8 Å². The smallest absolute Gasteiger partial charge is 0.272 e. The summed E-state index contributed by atoms with van der Waals surface area (Å²) >= 11 is 0. The normalized spacial score (nSPS) is 14.3. The van der Waals surface area contributed by atoms with E-state index in [-0.39, 0.29) is 16.8 Å². The first-order chi connectivity index (χ1) is 13.9. The van der Waals surface area contributed by atoms with Crippen LogP contribution in [0.5, 0.6) is 0 Å². The van der Waals surface area contributed by atoms with Gasteiger partial charge in [-0.2, -0.15) is 0 Å². The number of amides is 2. The zero-order valence-corrected chi connectivity index (χ0v) is 15.9. The second kappa shape index (κ2) is 8.68. The third-order valence-corrected chi connectivity index (χ3v) is 4.97. The van der Waals surface area contributed by atoms with Gasteiger partial charge in [0.25, 0.3) is 17.5 Å². The summed E-state index contributed by atoms with van der Waals surface area (Å²) in [5.74, 6) is -1.69. The number of carbonyl (C=O) groups excluding carboxylic acids is 2. The predicted molar refractivity (Wildman–Crippen MR) is 105 cm³/mol. The molecule has 0 aromatic heterocycles. The summed E-state index contributed by atoms with van der Waals surface area (Å²) in [7, 11) is 0. The Morgan fingerprint density at radius 3 is 2.31 bits per heavy atom. The number of nitrogens with one attached hydrogen (secondary N) is 2. The molecular weight excluding hydrogens is 379 g/mol. The van der Waals surface area contributed by atoms with Gasteiger partial charge in [-0.25, -0.2) is 4.39 Å². The zero-order valence-electron chi connectivity index (χ0n) is 15.9. The maximum atomic E-state index is 13.7. The monoisotopic (exact) mass is 400 g/mol. The maximum Gasteiger partial charge on any atom is 0.272 e. The number of piperidine rings is 1. The molecule has 152 valence electrons. The summed E-state index contributed by atoms with van der Waals surface area (Å²) in [5.41, 5.74) is 4.55. The van der Waals surface area contributed by atoms with Gasteiger partial charge in [0.15, 0.2) is 0 Å². The standard InChI is InChI=1S/C20H21FN4O4/c1-13-8-10-24(11-9-13)18-7-6-14(25(28)29)12-16(18)20(27)23-22-19(26)15-4-2-3-5-17(15)21/h2-7,12-13H,8-11H2,1H3,(H,22,26)(H,23,27). The fourth-order valence-corrected chi connectivity index (χ4v) is 3.24. The minimum Gasteiger partial charge on any atom is -0.371 e. The van der Waals surface area contributed by atoms with E-state index in [1.54, 1.807) is 6.07 Å². The molecule has 9 heteroatoms. The number of nitro benzene ring substituents is 1. The lowest BCUT2D eigenvalue weighted by Crippen LogP contribution is -2.43. The van der Waals surface area contributed by atoms with Gasteiger partial charge in [-0.1, -0.05) is 19.1 Å². The van der Waals surface area contributed by atoms with Gasteiger partial charge in [-0.3, -0.25) is 30.6 Å². The number of anilines is 1. The van der Waals surface area contributed by atoms with E-state index in [1.165, 1.54) is 30.3 Å². The van der Waals surface area contributed by atoms with Crippen molar-refractivity contribution < 1.29 is 18.9 Å². The van der Waals surface area contributed by atoms with Gasteiger partial charge < -0.3 is 4.90 Å². The molecule has 0 aliphatic carbocycles. The summed E-state index contributed by atoms with van der Waals surface area (Å²) < 4.78 is 13.7. The lowest BCUT2D eigenvalue weighted by Gasteiger charge is -2.33. The number of carbonyl (C=O) groups is 2. The Morgan fingerprint density at radius 1 is 1.07 bits per heavy atom. The molecule has 1 fully saturated rings. The highest BCUT2D eigenvalue weighted by Gasteiger charge is 2.24. The van der Waals surface area contributed by atoms with Crippen molar-refractivity contribution in [2.24, 2.45) is 5.92 Å². The van der Waals surface area contributed by atoms with Crippen LogP contribution in [0.25, 0.3) is 0 Å². The van der Waals surface area contributed by atoms with E-state index in [0.717, 1.165) is 32.0 Å². The van der Waals surface area contributed by atoms with Crippen molar-refractivity contribution in [2.45, 2.75) is 19.8 Å². The van der Waals surface area contributed by atoms with Crippen molar-refractivity contribution in [1.82, 2.24) is 10.9 Å². The number of halogens is 1. The SMILES string of the molecule is CC1CCN(c2ccc([N+](=O)[O-])cc2C(=O)NNC(=O)c2ccccc2F)CC1.